The van der Waals surface area contributed by atoms with Crippen LogP contribution >= 0.6 is 22.7 Å². The van der Waals surface area contributed by atoms with Gasteiger partial charge < -0.3 is 15.8 Å². The van der Waals surface area contributed by atoms with Gasteiger partial charge in [0.05, 0.1) is 30.8 Å². The zero-order chi connectivity index (χ0) is 27.0. The van der Waals surface area contributed by atoms with Gasteiger partial charge in [-0.1, -0.05) is 72.0 Å². The zero-order valence-electron chi connectivity index (χ0n) is 20.6. The largest absolute Gasteiger partial charge is 0.378 e. The van der Waals surface area contributed by atoms with Crippen LogP contribution in [-0.4, -0.2) is 52.0 Å². The maximum Gasteiger partial charge on any atom is 0.301 e. The van der Waals surface area contributed by atoms with E-state index in [1.807, 2.05) is 66.0 Å². The molecule has 0 unspecified atom stereocenters. The molecule has 3 aromatic heterocycles. The van der Waals surface area contributed by atoms with Crippen molar-refractivity contribution in [1.82, 2.24) is 25.1 Å². The molecule has 0 fully saturated rings. The molecule has 0 aliphatic rings. The summed E-state index contributed by atoms with van der Waals surface area (Å²) in [6.45, 7) is 1.57. The van der Waals surface area contributed by atoms with Crippen molar-refractivity contribution in [1.29, 1.82) is 0 Å². The molecular weight excluding hydrogens is 536 g/mol. The summed E-state index contributed by atoms with van der Waals surface area (Å²) in [6.07, 6.45) is 1.42. The lowest BCUT2D eigenvalue weighted by atomic mass is 10.1. The van der Waals surface area contributed by atoms with Gasteiger partial charge in [-0.25, -0.2) is 9.97 Å². The van der Waals surface area contributed by atoms with Crippen LogP contribution in [0.15, 0.2) is 87.3 Å². The van der Waals surface area contributed by atoms with E-state index in [4.69, 9.17) is 10.5 Å². The predicted molar refractivity (Wildman–Crippen MR) is 151 cm³/mol. The number of aromatic amines is 1. The third-order valence-corrected chi connectivity index (χ3v) is 7.13. The summed E-state index contributed by atoms with van der Waals surface area (Å²) in [6, 6.07) is 19.1. The van der Waals surface area contributed by atoms with Crippen LogP contribution in [0.25, 0.3) is 27.6 Å². The molecule has 0 spiro atoms. The first-order valence-corrected chi connectivity index (χ1v) is 13.7. The highest BCUT2D eigenvalue weighted by Crippen LogP contribution is 2.30. The van der Waals surface area contributed by atoms with Gasteiger partial charge in [0.15, 0.2) is 5.69 Å². The number of hydrogen-bond donors (Lipinski definition) is 3. The molecular formula is C26H24N8O3S2. The Bertz CT molecular complexity index is 1620. The molecule has 4 N–H and O–H groups in total. The Hall–Kier alpha value is -4.30. The minimum Gasteiger partial charge on any atom is -0.378 e. The van der Waals surface area contributed by atoms with E-state index >= 15 is 0 Å². The van der Waals surface area contributed by atoms with E-state index in [1.165, 1.54) is 22.2 Å². The van der Waals surface area contributed by atoms with Crippen LogP contribution in [0.1, 0.15) is 9.67 Å². The highest BCUT2D eigenvalue weighted by molar-refractivity contribution is 7.17. The predicted octanol–water partition coefficient (Wildman–Crippen LogP) is 4.53. The molecule has 2 aromatic carbocycles. The molecule has 198 valence electrons. The van der Waals surface area contributed by atoms with Crippen LogP contribution in [0.4, 0.5) is 10.8 Å². The van der Waals surface area contributed by atoms with Gasteiger partial charge in [0.2, 0.25) is 10.3 Å². The van der Waals surface area contributed by atoms with Crippen molar-refractivity contribution in [3.63, 3.8) is 0 Å². The van der Waals surface area contributed by atoms with E-state index in [0.29, 0.717) is 42.0 Å². The van der Waals surface area contributed by atoms with Crippen LogP contribution in [0.3, 0.4) is 0 Å². The summed E-state index contributed by atoms with van der Waals surface area (Å²) in [5.74, 6) is -0.294. The summed E-state index contributed by atoms with van der Waals surface area (Å²) in [5, 5.41) is 16.9. The number of carbonyl (C=O) groups excluding carboxylic acids is 1. The van der Waals surface area contributed by atoms with E-state index in [2.05, 4.69) is 30.6 Å². The summed E-state index contributed by atoms with van der Waals surface area (Å²) in [7, 11) is 0. The quantitative estimate of drug-likeness (QED) is 0.159. The second kappa shape index (κ2) is 12.5. The average molecular weight is 561 g/mol. The Morgan fingerprint density at radius 1 is 1.05 bits per heavy atom. The number of benzene rings is 2. The van der Waals surface area contributed by atoms with Gasteiger partial charge in [-0.3, -0.25) is 14.7 Å². The molecule has 0 aliphatic carbocycles. The highest BCUT2D eigenvalue weighted by atomic mass is 32.1. The van der Waals surface area contributed by atoms with Gasteiger partial charge in [-0.15, -0.1) is 21.6 Å². The molecule has 11 nitrogen and oxygen atoms in total. The van der Waals surface area contributed by atoms with Crippen LogP contribution in [0, 0.1) is 0 Å². The monoisotopic (exact) mass is 560 g/mol. The number of carbonyl (C=O) groups is 1. The first-order chi connectivity index (χ1) is 19.1. The second-order valence-corrected chi connectivity index (χ2v) is 9.93. The van der Waals surface area contributed by atoms with Gasteiger partial charge in [0.1, 0.15) is 4.88 Å². The van der Waals surface area contributed by atoms with Crippen LogP contribution in [0.2, 0.25) is 0 Å². The molecule has 1 amide bonds. The number of thiazole rings is 2. The number of nitrogens with one attached hydrogen (secondary N) is 2. The molecule has 5 rings (SSSR count). The van der Waals surface area contributed by atoms with E-state index in [0.717, 1.165) is 28.2 Å². The first kappa shape index (κ1) is 26.3. The van der Waals surface area contributed by atoms with Gasteiger partial charge >= 0.3 is 5.56 Å². The van der Waals surface area contributed by atoms with Crippen LogP contribution in [-0.2, 0) is 4.74 Å². The third-order valence-electron chi connectivity index (χ3n) is 5.43. The number of azo groups is 1. The lowest BCUT2D eigenvalue weighted by Crippen LogP contribution is -2.27. The fourth-order valence-electron chi connectivity index (χ4n) is 3.59. The molecule has 0 saturated heterocycles. The first-order valence-electron chi connectivity index (χ1n) is 12.0. The number of amides is 1. The number of nitrogens with two attached hydrogens (primary N) is 1. The Balaban J connectivity index is 1.41. The Morgan fingerprint density at radius 2 is 1.79 bits per heavy atom. The van der Waals surface area contributed by atoms with Crippen molar-refractivity contribution < 1.29 is 9.53 Å². The standard InChI is InChI=1S/C26H24N8O3S2/c27-11-13-37-14-12-28-23(35)20-15-29-25(39-20)32-31-22-21(18-9-5-2-6-10-18)33-34(24(22)36)26-30-19(16-38-26)17-7-3-1-4-8-17/h1-10,15-16,33H,11-14,27H2,(H,28,35). The second-order valence-electron chi connectivity index (χ2n) is 8.09. The summed E-state index contributed by atoms with van der Waals surface area (Å²) in [5.41, 5.74) is 8.05. The Kier molecular flexibility index (Phi) is 8.43. The normalized spacial score (nSPS) is 11.3. The summed E-state index contributed by atoms with van der Waals surface area (Å²) in [4.78, 5) is 35.0. The maximum absolute atomic E-state index is 13.5. The number of hydrogen-bond acceptors (Lipinski definition) is 10. The van der Waals surface area contributed by atoms with Gasteiger partial charge in [-0.05, 0) is 0 Å². The lowest BCUT2D eigenvalue weighted by molar-refractivity contribution is 0.0923. The fourth-order valence-corrected chi connectivity index (χ4v) is 5.03. The minimum absolute atomic E-state index is 0.107. The summed E-state index contributed by atoms with van der Waals surface area (Å²) >= 11 is 2.41. The Labute approximate surface area is 231 Å². The van der Waals surface area contributed by atoms with Crippen molar-refractivity contribution >= 4 is 39.4 Å². The lowest BCUT2D eigenvalue weighted by Gasteiger charge is -2.03. The van der Waals surface area contributed by atoms with Gasteiger partial charge in [0, 0.05) is 29.6 Å². The molecule has 13 heteroatoms. The molecule has 39 heavy (non-hydrogen) atoms. The topological polar surface area (TPSA) is 153 Å². The SMILES string of the molecule is NCCOCCNC(=O)c1cnc(N=Nc2c(-c3ccccc3)[nH]n(-c3nc(-c4ccccc4)cs3)c2=O)s1. The number of aromatic nitrogens is 4. The van der Waals surface area contributed by atoms with Crippen LogP contribution < -0.4 is 16.6 Å². The highest BCUT2D eigenvalue weighted by Gasteiger charge is 2.19. The van der Waals surface area contributed by atoms with E-state index < -0.39 is 5.56 Å². The van der Waals surface area contributed by atoms with E-state index in [-0.39, 0.29) is 16.7 Å². The average Bonchev–Trinajstić information content (AvgIpc) is 3.72. The minimum atomic E-state index is -0.404. The van der Waals surface area contributed by atoms with E-state index in [1.54, 1.807) is 0 Å². The van der Waals surface area contributed by atoms with Crippen molar-refractivity contribution in [2.24, 2.45) is 16.0 Å². The number of H-pyrrole nitrogens is 1. The molecule has 0 radical (unpaired) electrons. The van der Waals surface area contributed by atoms with Crippen molar-refractivity contribution in [3.05, 3.63) is 87.5 Å². The molecule has 0 atom stereocenters. The molecule has 5 aromatic rings. The summed E-state index contributed by atoms with van der Waals surface area (Å²) < 4.78 is 6.62. The number of nitrogens with zero attached hydrogens (tertiary/aromatic N) is 5. The number of rotatable bonds is 11. The molecule has 0 saturated carbocycles. The zero-order valence-corrected chi connectivity index (χ0v) is 22.2. The van der Waals surface area contributed by atoms with E-state index in [9.17, 15) is 9.59 Å². The molecule has 0 bridgehead atoms. The van der Waals surface area contributed by atoms with Crippen molar-refractivity contribution in [2.75, 3.05) is 26.3 Å². The van der Waals surface area contributed by atoms with Gasteiger partial charge in [0.25, 0.3) is 5.91 Å². The fraction of sp³-hybridized carbons (Fsp3) is 0.154. The van der Waals surface area contributed by atoms with Crippen molar-refractivity contribution in [3.8, 4) is 27.6 Å². The van der Waals surface area contributed by atoms with Crippen LogP contribution in [0.5, 0.6) is 0 Å². The smallest absolute Gasteiger partial charge is 0.301 e. The number of ether oxygens (including phenoxy) is 1. The van der Waals surface area contributed by atoms with Crippen molar-refractivity contribution in [2.45, 2.75) is 0 Å². The molecule has 3 heterocycles. The Morgan fingerprint density at radius 3 is 2.54 bits per heavy atom. The van der Waals surface area contributed by atoms with Gasteiger partial charge in [-0.2, -0.15) is 4.68 Å². The third kappa shape index (κ3) is 6.23. The molecule has 0 aliphatic heterocycles. The maximum atomic E-state index is 13.5.